The fourth-order valence-electron chi connectivity index (χ4n) is 4.05. The largest absolute Gasteiger partial charge is 0.348 e. The Morgan fingerprint density at radius 1 is 1.18 bits per heavy atom. The van der Waals surface area contributed by atoms with Gasteiger partial charge in [-0.25, -0.2) is 4.98 Å². The highest BCUT2D eigenvalue weighted by molar-refractivity contribution is 7.84. The topological polar surface area (TPSA) is 103 Å². The summed E-state index contributed by atoms with van der Waals surface area (Å²) < 4.78 is 11.6. The number of anilines is 1. The Hall–Kier alpha value is -3.83. The Morgan fingerprint density at radius 2 is 1.85 bits per heavy atom. The summed E-state index contributed by atoms with van der Waals surface area (Å²) in [6, 6.07) is 18.4. The number of carbonyl (C=O) groups is 2. The lowest BCUT2D eigenvalue weighted by atomic mass is 9.88. The number of aromatic nitrogens is 1. The zero-order valence-corrected chi connectivity index (χ0v) is 19.8. The van der Waals surface area contributed by atoms with Crippen molar-refractivity contribution in [2.45, 2.75) is 24.3 Å². The second kappa shape index (κ2) is 9.98. The van der Waals surface area contributed by atoms with E-state index in [1.807, 2.05) is 24.3 Å². The Balaban J connectivity index is 1.47. The van der Waals surface area contributed by atoms with Crippen LogP contribution in [0.5, 0.6) is 0 Å². The molecule has 4 rings (SSSR count). The van der Waals surface area contributed by atoms with E-state index in [1.165, 1.54) is 6.20 Å². The molecule has 1 aliphatic heterocycles. The molecule has 1 aliphatic rings. The van der Waals surface area contributed by atoms with Crippen LogP contribution in [0, 0.1) is 17.2 Å². The molecular weight excluding hydrogens is 448 g/mol. The smallest absolute Gasteiger partial charge is 0.253 e. The van der Waals surface area contributed by atoms with Gasteiger partial charge in [-0.05, 0) is 59.9 Å². The molecule has 0 saturated heterocycles. The molecule has 172 valence electrons. The molecule has 1 aromatic heterocycles. The summed E-state index contributed by atoms with van der Waals surface area (Å²) in [5.41, 5.74) is 3.74. The zero-order chi connectivity index (χ0) is 24.2. The number of nitrogens with zero attached hydrogens (tertiary/aromatic N) is 3. The predicted molar refractivity (Wildman–Crippen MR) is 130 cm³/mol. The summed E-state index contributed by atoms with van der Waals surface area (Å²) in [4.78, 5) is 32.4. The number of amides is 2. The third-order valence-electron chi connectivity index (χ3n) is 5.94. The number of carbonyl (C=O) groups excluding carboxylic acids is 2. The Bertz CT molecular complexity index is 1300. The van der Waals surface area contributed by atoms with E-state index in [0.29, 0.717) is 36.3 Å². The maximum Gasteiger partial charge on any atom is 0.253 e. The summed E-state index contributed by atoms with van der Waals surface area (Å²) in [5, 5.41) is 11.8. The number of nitrogens with one attached hydrogen (secondary N) is 1. The van der Waals surface area contributed by atoms with Crippen LogP contribution >= 0.6 is 0 Å². The van der Waals surface area contributed by atoms with Crippen LogP contribution < -0.4 is 10.2 Å². The predicted octanol–water partition coefficient (Wildman–Crippen LogP) is 3.00. The van der Waals surface area contributed by atoms with Crippen molar-refractivity contribution >= 4 is 28.4 Å². The molecule has 34 heavy (non-hydrogen) atoms. The summed E-state index contributed by atoms with van der Waals surface area (Å²) in [7, 11) is 0.659. The average molecular weight is 473 g/mol. The van der Waals surface area contributed by atoms with Gasteiger partial charge in [0.2, 0.25) is 5.91 Å². The number of fused-ring (bicyclic) bond motifs is 1. The van der Waals surface area contributed by atoms with E-state index in [4.69, 9.17) is 5.26 Å². The van der Waals surface area contributed by atoms with Gasteiger partial charge in [0, 0.05) is 47.7 Å². The second-order valence-corrected chi connectivity index (χ2v) is 9.68. The highest BCUT2D eigenvalue weighted by Gasteiger charge is 2.32. The molecule has 0 fully saturated rings. The fourth-order valence-corrected chi connectivity index (χ4v) is 4.57. The Morgan fingerprint density at radius 3 is 2.50 bits per heavy atom. The minimum absolute atomic E-state index is 0.0128. The molecule has 1 N–H and O–H groups in total. The van der Waals surface area contributed by atoms with Crippen molar-refractivity contribution in [3.63, 3.8) is 0 Å². The van der Waals surface area contributed by atoms with E-state index in [9.17, 15) is 13.8 Å². The van der Waals surface area contributed by atoms with Gasteiger partial charge in [0.05, 0.1) is 17.2 Å². The molecule has 7 nitrogen and oxygen atoms in total. The summed E-state index contributed by atoms with van der Waals surface area (Å²) >= 11 is 0. The normalized spacial score (nSPS) is 15.9. The Kier molecular flexibility index (Phi) is 6.85. The van der Waals surface area contributed by atoms with Crippen LogP contribution in [-0.2, 0) is 35.0 Å². The van der Waals surface area contributed by atoms with Gasteiger partial charge in [-0.2, -0.15) is 5.26 Å². The molecule has 0 spiro atoms. The lowest BCUT2D eigenvalue weighted by molar-refractivity contribution is -0.122. The standard InChI is InChI=1S/C26H24N4O3S/c1-30-24-20(12-21(26(30)32)11-17-7-9-23(10-8-17)34(2)33)13-22(16-28-24)25(31)29-15-19-5-3-18(14-27)4-6-19/h3-10,13,16,21H,11-12,15H2,1-2H3,(H,29,31). The molecule has 0 bridgehead atoms. The quantitative estimate of drug-likeness (QED) is 0.594. The van der Waals surface area contributed by atoms with Gasteiger partial charge in [-0.3, -0.25) is 18.7 Å². The van der Waals surface area contributed by atoms with Gasteiger partial charge in [0.1, 0.15) is 5.82 Å². The maximum absolute atomic E-state index is 12.9. The van der Waals surface area contributed by atoms with Gasteiger partial charge in [0.25, 0.3) is 5.91 Å². The fraction of sp³-hybridized carbons (Fsp3) is 0.231. The first-order valence-electron chi connectivity index (χ1n) is 10.8. The molecule has 2 unspecified atom stereocenters. The average Bonchev–Trinajstić information content (AvgIpc) is 2.86. The first-order chi connectivity index (χ1) is 16.4. The molecule has 0 saturated carbocycles. The summed E-state index contributed by atoms with van der Waals surface area (Å²) in [5.74, 6) is 0.0379. The number of pyridine rings is 1. The third-order valence-corrected chi connectivity index (χ3v) is 6.88. The SMILES string of the molecule is CN1C(=O)C(Cc2ccc(S(C)=O)cc2)Cc2cc(C(=O)NCc3ccc(C#N)cc3)cnc21. The van der Waals surface area contributed by atoms with Gasteiger partial charge in [-0.15, -0.1) is 0 Å². The number of benzene rings is 2. The van der Waals surface area contributed by atoms with Crippen molar-refractivity contribution in [2.24, 2.45) is 5.92 Å². The number of nitriles is 1. The van der Waals surface area contributed by atoms with E-state index in [1.54, 1.807) is 48.5 Å². The zero-order valence-electron chi connectivity index (χ0n) is 18.9. The molecule has 0 radical (unpaired) electrons. The van der Waals surface area contributed by atoms with Crippen LogP contribution in [0.2, 0.25) is 0 Å². The molecule has 2 heterocycles. The van der Waals surface area contributed by atoms with E-state index in [0.717, 1.165) is 21.6 Å². The van der Waals surface area contributed by atoms with Crippen LogP contribution in [0.3, 0.4) is 0 Å². The van der Waals surface area contributed by atoms with Crippen LogP contribution in [0.1, 0.15) is 32.6 Å². The highest BCUT2D eigenvalue weighted by atomic mass is 32.2. The van der Waals surface area contributed by atoms with Gasteiger partial charge < -0.3 is 5.32 Å². The van der Waals surface area contributed by atoms with Crippen molar-refractivity contribution in [3.05, 3.63) is 88.6 Å². The number of hydrogen-bond donors (Lipinski definition) is 1. The molecular formula is C26H24N4O3S. The van der Waals surface area contributed by atoms with Gasteiger partial charge >= 0.3 is 0 Å². The van der Waals surface area contributed by atoms with Crippen molar-refractivity contribution in [1.29, 1.82) is 5.26 Å². The van der Waals surface area contributed by atoms with Crippen LogP contribution in [0.4, 0.5) is 5.82 Å². The van der Waals surface area contributed by atoms with Crippen LogP contribution in [0.15, 0.2) is 65.7 Å². The third kappa shape index (κ3) is 5.05. The minimum Gasteiger partial charge on any atom is -0.348 e. The first-order valence-corrected chi connectivity index (χ1v) is 12.4. The van der Waals surface area contributed by atoms with Crippen molar-refractivity contribution in [3.8, 4) is 6.07 Å². The summed E-state index contributed by atoms with van der Waals surface area (Å²) in [6.07, 6.45) is 4.16. The molecule has 8 heteroatoms. The van der Waals surface area contributed by atoms with E-state index in [-0.39, 0.29) is 17.7 Å². The Labute approximate surface area is 200 Å². The first kappa shape index (κ1) is 23.3. The van der Waals surface area contributed by atoms with Crippen molar-refractivity contribution in [1.82, 2.24) is 10.3 Å². The van der Waals surface area contributed by atoms with E-state index in [2.05, 4.69) is 16.4 Å². The number of rotatable bonds is 6. The molecule has 2 amide bonds. The van der Waals surface area contributed by atoms with Crippen LogP contribution in [0.25, 0.3) is 0 Å². The molecule has 3 aromatic rings. The lowest BCUT2D eigenvalue weighted by Gasteiger charge is -2.30. The van der Waals surface area contributed by atoms with Crippen molar-refractivity contribution < 1.29 is 13.8 Å². The minimum atomic E-state index is -1.04. The molecule has 2 aromatic carbocycles. The monoisotopic (exact) mass is 472 g/mol. The lowest BCUT2D eigenvalue weighted by Crippen LogP contribution is -2.40. The molecule has 2 atom stereocenters. The van der Waals surface area contributed by atoms with Gasteiger partial charge in [-0.1, -0.05) is 24.3 Å². The van der Waals surface area contributed by atoms with Crippen molar-refractivity contribution in [2.75, 3.05) is 18.2 Å². The highest BCUT2D eigenvalue weighted by Crippen LogP contribution is 2.30. The van der Waals surface area contributed by atoms with E-state index < -0.39 is 10.8 Å². The maximum atomic E-state index is 12.9. The van der Waals surface area contributed by atoms with E-state index >= 15 is 0 Å². The van der Waals surface area contributed by atoms with Gasteiger partial charge in [0.15, 0.2) is 0 Å². The molecule has 0 aliphatic carbocycles. The second-order valence-electron chi connectivity index (χ2n) is 8.30. The van der Waals surface area contributed by atoms with Crippen LogP contribution in [-0.4, -0.2) is 34.3 Å². The number of hydrogen-bond acceptors (Lipinski definition) is 5. The summed E-state index contributed by atoms with van der Waals surface area (Å²) in [6.45, 7) is 0.335.